The average Bonchev–Trinajstić information content (AvgIpc) is 2.75. The Kier molecular flexibility index (Phi) is 6.72. The predicted octanol–water partition coefficient (Wildman–Crippen LogP) is 4.14. The second-order valence-electron chi connectivity index (χ2n) is 5.84. The molecule has 126 valence electrons. The van der Waals surface area contributed by atoms with E-state index >= 15 is 0 Å². The van der Waals surface area contributed by atoms with Gasteiger partial charge in [-0.3, -0.25) is 9.59 Å². The van der Waals surface area contributed by atoms with Crippen LogP contribution in [0.15, 0.2) is 18.2 Å². The van der Waals surface area contributed by atoms with Crippen molar-refractivity contribution in [2.45, 2.75) is 39.0 Å². The predicted molar refractivity (Wildman–Crippen MR) is 94.2 cm³/mol. The normalized spacial score (nSPS) is 15.2. The fourth-order valence-corrected chi connectivity index (χ4v) is 3.36. The first kappa shape index (κ1) is 18.1. The maximum Gasteiger partial charge on any atom is 0.224 e. The molecule has 0 atom stereocenters. The van der Waals surface area contributed by atoms with Gasteiger partial charge >= 0.3 is 0 Å². The highest BCUT2D eigenvalue weighted by molar-refractivity contribution is 6.35. The maximum absolute atomic E-state index is 12.4. The van der Waals surface area contributed by atoms with Gasteiger partial charge < -0.3 is 9.80 Å². The lowest BCUT2D eigenvalue weighted by Gasteiger charge is -2.24. The van der Waals surface area contributed by atoms with E-state index in [9.17, 15) is 9.59 Å². The first-order valence-corrected chi connectivity index (χ1v) is 8.75. The van der Waals surface area contributed by atoms with Crippen LogP contribution in [-0.2, 0) is 9.59 Å². The van der Waals surface area contributed by atoms with Gasteiger partial charge in [0.2, 0.25) is 11.8 Å². The molecule has 6 heteroatoms. The van der Waals surface area contributed by atoms with Crippen molar-refractivity contribution < 1.29 is 9.59 Å². The number of hydrogen-bond donors (Lipinski definition) is 0. The van der Waals surface area contributed by atoms with Crippen molar-refractivity contribution in [3.63, 3.8) is 0 Å². The van der Waals surface area contributed by atoms with Crippen LogP contribution in [0, 0.1) is 0 Å². The van der Waals surface area contributed by atoms with Crippen molar-refractivity contribution in [1.29, 1.82) is 0 Å². The fraction of sp³-hybridized carbons (Fsp3) is 0.529. The molecule has 1 heterocycles. The molecule has 0 spiro atoms. The maximum atomic E-state index is 12.4. The number of halogens is 2. The Morgan fingerprint density at radius 2 is 1.61 bits per heavy atom. The molecule has 1 aliphatic heterocycles. The number of carbonyl (C=O) groups is 2. The molecule has 1 saturated heterocycles. The molecule has 0 unspecified atom stereocenters. The quantitative estimate of drug-likeness (QED) is 0.813. The molecule has 2 amide bonds. The summed E-state index contributed by atoms with van der Waals surface area (Å²) in [6.07, 6.45) is 4.80. The second kappa shape index (κ2) is 8.55. The summed E-state index contributed by atoms with van der Waals surface area (Å²) in [6.45, 7) is 3.45. The molecule has 0 aromatic heterocycles. The van der Waals surface area contributed by atoms with Gasteiger partial charge in [-0.15, -0.1) is 0 Å². The van der Waals surface area contributed by atoms with Crippen molar-refractivity contribution in [3.05, 3.63) is 28.2 Å². The zero-order valence-corrected chi connectivity index (χ0v) is 14.9. The van der Waals surface area contributed by atoms with Gasteiger partial charge in [-0.1, -0.05) is 36.0 Å². The van der Waals surface area contributed by atoms with Gasteiger partial charge in [-0.2, -0.15) is 0 Å². The van der Waals surface area contributed by atoms with Gasteiger partial charge in [-0.25, -0.2) is 0 Å². The van der Waals surface area contributed by atoms with Crippen LogP contribution in [0.4, 0.5) is 5.69 Å². The number of nitrogens with zero attached hydrogens (tertiary/aromatic N) is 2. The summed E-state index contributed by atoms with van der Waals surface area (Å²) in [5, 5.41) is 0.940. The minimum atomic E-state index is -0.132. The van der Waals surface area contributed by atoms with Gasteiger partial charge in [0, 0.05) is 48.7 Å². The van der Waals surface area contributed by atoms with Crippen LogP contribution in [0.2, 0.25) is 10.0 Å². The monoisotopic (exact) mass is 356 g/mol. The van der Waals surface area contributed by atoms with Crippen molar-refractivity contribution in [2.24, 2.45) is 0 Å². The first-order valence-electron chi connectivity index (χ1n) is 7.99. The Morgan fingerprint density at radius 3 is 2.13 bits per heavy atom. The molecule has 1 aromatic rings. The molecule has 2 rings (SSSR count). The number of benzene rings is 1. The van der Waals surface area contributed by atoms with Crippen LogP contribution in [-0.4, -0.2) is 36.3 Å². The molecule has 0 bridgehead atoms. The first-order chi connectivity index (χ1) is 11.0. The van der Waals surface area contributed by atoms with Gasteiger partial charge in [-0.05, 0) is 31.0 Å². The van der Waals surface area contributed by atoms with E-state index < -0.39 is 0 Å². The molecule has 1 aliphatic rings. The third kappa shape index (κ3) is 5.40. The van der Waals surface area contributed by atoms with Crippen molar-refractivity contribution >= 4 is 40.7 Å². The highest BCUT2D eigenvalue weighted by Gasteiger charge is 2.19. The highest BCUT2D eigenvalue weighted by atomic mass is 35.5. The largest absolute Gasteiger partial charge is 0.343 e. The Labute approximate surface area is 147 Å². The molecule has 0 N–H and O–H groups in total. The van der Waals surface area contributed by atoms with E-state index in [2.05, 4.69) is 0 Å². The minimum absolute atomic E-state index is 0.103. The molecule has 23 heavy (non-hydrogen) atoms. The van der Waals surface area contributed by atoms with E-state index in [1.807, 2.05) is 4.90 Å². The van der Waals surface area contributed by atoms with E-state index in [4.69, 9.17) is 23.2 Å². The smallest absolute Gasteiger partial charge is 0.224 e. The van der Waals surface area contributed by atoms with Crippen LogP contribution >= 0.6 is 23.2 Å². The molecule has 4 nitrogen and oxygen atoms in total. The number of carbonyl (C=O) groups excluding carboxylic acids is 2. The number of hydrogen-bond acceptors (Lipinski definition) is 2. The Morgan fingerprint density at radius 1 is 1.04 bits per heavy atom. The van der Waals surface area contributed by atoms with Gasteiger partial charge in [0.05, 0.1) is 0 Å². The molecule has 0 aliphatic carbocycles. The van der Waals surface area contributed by atoms with Crippen molar-refractivity contribution in [3.8, 4) is 0 Å². The zero-order chi connectivity index (χ0) is 16.8. The van der Waals surface area contributed by atoms with Gasteiger partial charge in [0.15, 0.2) is 0 Å². The SMILES string of the molecule is CC(=O)N(CCC(=O)N1CCCCCC1)c1cc(Cl)cc(Cl)c1. The average molecular weight is 357 g/mol. The summed E-state index contributed by atoms with van der Waals surface area (Å²) >= 11 is 12.0. The van der Waals surface area contributed by atoms with Crippen LogP contribution in [0.25, 0.3) is 0 Å². The lowest BCUT2D eigenvalue weighted by molar-refractivity contribution is -0.131. The van der Waals surface area contributed by atoms with E-state index in [0.29, 0.717) is 28.7 Å². The molecule has 0 saturated carbocycles. The van der Waals surface area contributed by atoms with Gasteiger partial charge in [0.25, 0.3) is 0 Å². The summed E-state index contributed by atoms with van der Waals surface area (Å²) in [5.41, 5.74) is 0.624. The van der Waals surface area contributed by atoms with E-state index in [1.54, 1.807) is 23.1 Å². The van der Waals surface area contributed by atoms with E-state index in [-0.39, 0.29) is 11.8 Å². The zero-order valence-electron chi connectivity index (χ0n) is 13.4. The second-order valence-corrected chi connectivity index (χ2v) is 6.72. The minimum Gasteiger partial charge on any atom is -0.343 e. The summed E-state index contributed by atoms with van der Waals surface area (Å²) in [5.74, 6) is -0.0294. The topological polar surface area (TPSA) is 40.6 Å². The number of likely N-dealkylation sites (tertiary alicyclic amines) is 1. The van der Waals surface area contributed by atoms with Crippen molar-refractivity contribution in [2.75, 3.05) is 24.5 Å². The number of amides is 2. The van der Waals surface area contributed by atoms with Crippen LogP contribution < -0.4 is 4.90 Å². The third-order valence-corrected chi connectivity index (χ3v) is 4.48. The molecule has 0 radical (unpaired) electrons. The van der Waals surface area contributed by atoms with Crippen LogP contribution in [0.5, 0.6) is 0 Å². The number of rotatable bonds is 4. The highest BCUT2D eigenvalue weighted by Crippen LogP contribution is 2.26. The summed E-state index contributed by atoms with van der Waals surface area (Å²) < 4.78 is 0. The van der Waals surface area contributed by atoms with Crippen molar-refractivity contribution in [1.82, 2.24) is 4.90 Å². The fourth-order valence-electron chi connectivity index (χ4n) is 2.85. The molecular weight excluding hydrogens is 335 g/mol. The van der Waals surface area contributed by atoms with Crippen LogP contribution in [0.3, 0.4) is 0 Å². The number of anilines is 1. The standard InChI is InChI=1S/C17H22Cl2N2O2/c1-13(22)21(16-11-14(18)10-15(19)12-16)9-6-17(23)20-7-4-2-3-5-8-20/h10-12H,2-9H2,1H3. The lowest BCUT2D eigenvalue weighted by atomic mass is 10.2. The summed E-state index contributed by atoms with van der Waals surface area (Å²) in [4.78, 5) is 27.8. The van der Waals surface area contributed by atoms with E-state index in [0.717, 1.165) is 25.9 Å². The lowest BCUT2D eigenvalue weighted by Crippen LogP contribution is -2.36. The Balaban J connectivity index is 2.02. The Hall–Kier alpha value is -1.26. The summed E-state index contributed by atoms with van der Waals surface area (Å²) in [6, 6.07) is 4.99. The molecular formula is C17H22Cl2N2O2. The molecule has 1 fully saturated rings. The molecule has 1 aromatic carbocycles. The summed E-state index contributed by atoms with van der Waals surface area (Å²) in [7, 11) is 0. The Bertz CT molecular complexity index is 549. The third-order valence-electron chi connectivity index (χ3n) is 4.05. The van der Waals surface area contributed by atoms with Gasteiger partial charge in [0.1, 0.15) is 0 Å². The van der Waals surface area contributed by atoms with Crippen LogP contribution in [0.1, 0.15) is 39.0 Å². The van der Waals surface area contributed by atoms with E-state index in [1.165, 1.54) is 19.8 Å².